The van der Waals surface area contributed by atoms with Gasteiger partial charge in [-0.05, 0) is 56.3 Å². The van der Waals surface area contributed by atoms with E-state index in [0.717, 1.165) is 19.3 Å². The van der Waals surface area contributed by atoms with Crippen molar-refractivity contribution in [1.29, 1.82) is 0 Å². The molecule has 4 fully saturated rings. The minimum atomic E-state index is -4.50. The van der Waals surface area contributed by atoms with Crippen LogP contribution in [0.1, 0.15) is 49.8 Å². The number of halogens is 3. The Labute approximate surface area is 157 Å². The molecular formula is C19H27F3N4O. The first kappa shape index (κ1) is 18.9. The molecule has 0 aliphatic heterocycles. The minimum absolute atomic E-state index is 0.0645. The van der Waals surface area contributed by atoms with Crippen molar-refractivity contribution in [2.75, 3.05) is 25.6 Å². The Kier molecular flexibility index (Phi) is 5.05. The number of nitrogens with zero attached hydrogens (tertiary/aromatic N) is 2. The smallest absolute Gasteiger partial charge is 0.383 e. The number of aromatic nitrogens is 2. The Bertz CT molecular complexity index is 644. The first-order valence-corrected chi connectivity index (χ1v) is 9.78. The molecule has 1 aromatic heterocycles. The van der Waals surface area contributed by atoms with Crippen molar-refractivity contribution in [2.24, 2.45) is 17.8 Å². The highest BCUT2D eigenvalue weighted by Gasteiger charge is 2.51. The van der Waals surface area contributed by atoms with E-state index >= 15 is 0 Å². The van der Waals surface area contributed by atoms with Gasteiger partial charge in [-0.1, -0.05) is 0 Å². The summed E-state index contributed by atoms with van der Waals surface area (Å²) >= 11 is 0. The summed E-state index contributed by atoms with van der Waals surface area (Å²) in [6, 6.07) is 0. The van der Waals surface area contributed by atoms with E-state index in [2.05, 4.69) is 20.6 Å². The SMILES string of the molecule is COCCNCc1cnc(NC23CC4CC(CC(C4)C2)C3)nc1C(F)(F)F. The highest BCUT2D eigenvalue weighted by atomic mass is 19.4. The number of hydrogen-bond donors (Lipinski definition) is 2. The summed E-state index contributed by atoms with van der Waals surface area (Å²) in [5.74, 6) is 2.23. The first-order valence-electron chi connectivity index (χ1n) is 9.78. The number of nitrogens with one attached hydrogen (secondary N) is 2. The second-order valence-electron chi connectivity index (χ2n) is 8.56. The van der Waals surface area contributed by atoms with Crippen LogP contribution >= 0.6 is 0 Å². The summed E-state index contributed by atoms with van der Waals surface area (Å²) in [5, 5.41) is 6.28. The summed E-state index contributed by atoms with van der Waals surface area (Å²) in [4.78, 5) is 8.13. The molecule has 4 bridgehead atoms. The van der Waals surface area contributed by atoms with Crippen molar-refractivity contribution in [3.63, 3.8) is 0 Å². The number of methoxy groups -OCH3 is 1. The van der Waals surface area contributed by atoms with Gasteiger partial charge in [-0.25, -0.2) is 9.97 Å². The predicted octanol–water partition coefficient (Wildman–Crippen LogP) is 3.61. The Morgan fingerprint density at radius 3 is 2.33 bits per heavy atom. The van der Waals surface area contributed by atoms with Gasteiger partial charge in [-0.15, -0.1) is 0 Å². The zero-order valence-electron chi connectivity index (χ0n) is 15.6. The molecule has 150 valence electrons. The molecule has 1 heterocycles. The molecule has 5 rings (SSSR count). The fraction of sp³-hybridized carbons (Fsp3) is 0.789. The molecule has 0 spiro atoms. The number of hydrogen-bond acceptors (Lipinski definition) is 5. The maximum absolute atomic E-state index is 13.5. The van der Waals surface area contributed by atoms with Crippen LogP contribution in [0.2, 0.25) is 0 Å². The molecule has 0 radical (unpaired) electrons. The lowest BCUT2D eigenvalue weighted by Crippen LogP contribution is -2.55. The van der Waals surface area contributed by atoms with Crippen LogP contribution in [0, 0.1) is 17.8 Å². The van der Waals surface area contributed by atoms with Gasteiger partial charge < -0.3 is 15.4 Å². The summed E-state index contributed by atoms with van der Waals surface area (Å²) in [6.45, 7) is 0.977. The molecule has 4 aliphatic rings. The average Bonchev–Trinajstić information content (AvgIpc) is 2.57. The number of anilines is 1. The summed E-state index contributed by atoms with van der Waals surface area (Å²) in [7, 11) is 1.55. The Hall–Kier alpha value is -1.41. The van der Waals surface area contributed by atoms with Crippen LogP contribution in [0.25, 0.3) is 0 Å². The van der Waals surface area contributed by atoms with Crippen molar-refractivity contribution < 1.29 is 17.9 Å². The predicted molar refractivity (Wildman–Crippen MR) is 95.1 cm³/mol. The highest BCUT2D eigenvalue weighted by molar-refractivity contribution is 5.35. The molecule has 1 aromatic rings. The van der Waals surface area contributed by atoms with Crippen LogP contribution in [0.4, 0.5) is 19.1 Å². The molecule has 4 saturated carbocycles. The van der Waals surface area contributed by atoms with Crippen LogP contribution < -0.4 is 10.6 Å². The van der Waals surface area contributed by atoms with Gasteiger partial charge in [-0.3, -0.25) is 0 Å². The maximum Gasteiger partial charge on any atom is 0.433 e. The molecule has 0 amide bonds. The topological polar surface area (TPSA) is 59.1 Å². The quantitative estimate of drug-likeness (QED) is 0.704. The van der Waals surface area contributed by atoms with E-state index in [4.69, 9.17) is 4.74 Å². The van der Waals surface area contributed by atoms with Gasteiger partial charge in [0.25, 0.3) is 0 Å². The van der Waals surface area contributed by atoms with Crippen LogP contribution in [-0.4, -0.2) is 35.8 Å². The molecule has 8 heteroatoms. The first-order chi connectivity index (χ1) is 12.9. The van der Waals surface area contributed by atoms with Crippen LogP contribution in [-0.2, 0) is 17.5 Å². The molecule has 0 atom stereocenters. The van der Waals surface area contributed by atoms with Crippen molar-refractivity contribution in [2.45, 2.75) is 56.8 Å². The Morgan fingerprint density at radius 2 is 1.78 bits per heavy atom. The second-order valence-corrected chi connectivity index (χ2v) is 8.56. The maximum atomic E-state index is 13.5. The van der Waals surface area contributed by atoms with Crippen LogP contribution in [0.15, 0.2) is 6.20 Å². The normalized spacial score (nSPS) is 32.1. The lowest BCUT2D eigenvalue weighted by atomic mass is 9.53. The molecule has 0 saturated heterocycles. The van der Waals surface area contributed by atoms with Crippen LogP contribution in [0.5, 0.6) is 0 Å². The third-order valence-electron chi connectivity index (χ3n) is 6.35. The van der Waals surface area contributed by atoms with Gasteiger partial charge in [0, 0.05) is 37.5 Å². The fourth-order valence-electron chi connectivity index (χ4n) is 5.74. The van der Waals surface area contributed by atoms with Crippen molar-refractivity contribution in [3.8, 4) is 0 Å². The Morgan fingerprint density at radius 1 is 1.15 bits per heavy atom. The zero-order chi connectivity index (χ0) is 19.1. The second kappa shape index (κ2) is 7.20. The Balaban J connectivity index is 1.51. The molecule has 0 unspecified atom stereocenters. The van der Waals surface area contributed by atoms with Gasteiger partial charge in [0.05, 0.1) is 6.61 Å². The number of alkyl halides is 3. The molecule has 5 nitrogen and oxygen atoms in total. The standard InChI is InChI=1S/C19H27F3N4O/c1-27-3-2-23-10-15-11-24-17(25-16(15)19(20,21)22)26-18-7-12-4-13(8-18)6-14(5-12)9-18/h11-14,23H,2-10H2,1H3,(H,24,25,26). The lowest BCUT2D eigenvalue weighted by Gasteiger charge is -2.56. The number of ether oxygens (including phenoxy) is 1. The van der Waals surface area contributed by atoms with Gasteiger partial charge >= 0.3 is 6.18 Å². The zero-order valence-corrected chi connectivity index (χ0v) is 15.6. The lowest BCUT2D eigenvalue weighted by molar-refractivity contribution is -0.141. The minimum Gasteiger partial charge on any atom is -0.383 e. The fourth-order valence-corrected chi connectivity index (χ4v) is 5.74. The molecule has 27 heavy (non-hydrogen) atoms. The molecular weight excluding hydrogens is 357 g/mol. The van der Waals surface area contributed by atoms with E-state index in [1.807, 2.05) is 0 Å². The van der Waals surface area contributed by atoms with E-state index in [1.165, 1.54) is 25.5 Å². The third kappa shape index (κ3) is 4.06. The van der Waals surface area contributed by atoms with Gasteiger partial charge in [0.15, 0.2) is 5.69 Å². The molecule has 2 N–H and O–H groups in total. The molecule has 4 aliphatic carbocycles. The van der Waals surface area contributed by atoms with Gasteiger partial charge in [0.2, 0.25) is 5.95 Å². The van der Waals surface area contributed by atoms with E-state index in [-0.39, 0.29) is 23.6 Å². The van der Waals surface area contributed by atoms with E-state index in [9.17, 15) is 13.2 Å². The summed E-state index contributed by atoms with van der Waals surface area (Å²) in [5.41, 5.74) is -0.903. The largest absolute Gasteiger partial charge is 0.433 e. The van der Waals surface area contributed by atoms with E-state index in [0.29, 0.717) is 30.9 Å². The van der Waals surface area contributed by atoms with Gasteiger partial charge in [-0.2, -0.15) is 13.2 Å². The molecule has 0 aromatic carbocycles. The summed E-state index contributed by atoms with van der Waals surface area (Å²) < 4.78 is 45.5. The summed E-state index contributed by atoms with van der Waals surface area (Å²) in [6.07, 6.45) is 3.74. The third-order valence-corrected chi connectivity index (χ3v) is 6.35. The number of rotatable bonds is 7. The monoisotopic (exact) mass is 384 g/mol. The van der Waals surface area contributed by atoms with Gasteiger partial charge in [0.1, 0.15) is 0 Å². The van der Waals surface area contributed by atoms with Crippen LogP contribution in [0.3, 0.4) is 0 Å². The van der Waals surface area contributed by atoms with E-state index < -0.39 is 11.9 Å². The van der Waals surface area contributed by atoms with Crippen molar-refractivity contribution in [3.05, 3.63) is 17.5 Å². The highest BCUT2D eigenvalue weighted by Crippen LogP contribution is 2.56. The van der Waals surface area contributed by atoms with Crippen molar-refractivity contribution in [1.82, 2.24) is 15.3 Å². The van der Waals surface area contributed by atoms with E-state index in [1.54, 1.807) is 7.11 Å². The van der Waals surface area contributed by atoms with Crippen molar-refractivity contribution >= 4 is 5.95 Å². The average molecular weight is 384 g/mol.